The van der Waals surface area contributed by atoms with Crippen molar-refractivity contribution in [2.24, 2.45) is 5.73 Å². The molecule has 0 aliphatic heterocycles. The van der Waals surface area contributed by atoms with Crippen LogP contribution in [0.4, 0.5) is 5.69 Å². The number of nitrogens with one attached hydrogen (secondary N) is 2. The van der Waals surface area contributed by atoms with Crippen molar-refractivity contribution in [3.8, 4) is 0 Å². The Kier molecular flexibility index (Phi) is 5.85. The molecular weight excluding hydrogens is 296 g/mol. The average molecular weight is 316 g/mol. The van der Waals surface area contributed by atoms with E-state index in [4.69, 9.17) is 18.0 Å². The van der Waals surface area contributed by atoms with Gasteiger partial charge in [-0.3, -0.25) is 4.98 Å². The third kappa shape index (κ3) is 5.40. The maximum atomic E-state index is 10.9. The van der Waals surface area contributed by atoms with Gasteiger partial charge in [0.25, 0.3) is 0 Å². The highest BCUT2D eigenvalue weighted by Crippen LogP contribution is 2.19. The Morgan fingerprint density at radius 3 is 2.60 bits per heavy atom. The van der Waals surface area contributed by atoms with Crippen LogP contribution in [0.5, 0.6) is 0 Å². The van der Waals surface area contributed by atoms with Crippen LogP contribution in [-0.2, 0) is 10.0 Å². The summed E-state index contributed by atoms with van der Waals surface area (Å²) in [6.07, 6.45) is 1.80. The Morgan fingerprint density at radius 1 is 1.40 bits per heavy atom. The SMILES string of the molecule is Cc1cc(NCCCNS(C)(=O)=O)c(C(N)=S)c(C)n1. The van der Waals surface area contributed by atoms with E-state index in [0.29, 0.717) is 24.5 Å². The van der Waals surface area contributed by atoms with E-state index in [1.807, 2.05) is 19.9 Å². The van der Waals surface area contributed by atoms with Crippen molar-refractivity contribution in [2.45, 2.75) is 20.3 Å². The fourth-order valence-electron chi connectivity index (χ4n) is 1.85. The molecular formula is C12H20N4O2S2. The maximum absolute atomic E-state index is 10.9. The van der Waals surface area contributed by atoms with Crippen molar-refractivity contribution >= 4 is 32.9 Å². The van der Waals surface area contributed by atoms with E-state index in [1.54, 1.807) is 0 Å². The zero-order valence-corrected chi connectivity index (χ0v) is 13.5. The number of rotatable bonds is 7. The third-order valence-electron chi connectivity index (χ3n) is 2.61. The Hall–Kier alpha value is -1.25. The highest BCUT2D eigenvalue weighted by Gasteiger charge is 2.10. The van der Waals surface area contributed by atoms with Gasteiger partial charge < -0.3 is 11.1 Å². The van der Waals surface area contributed by atoms with Gasteiger partial charge in [-0.25, -0.2) is 13.1 Å². The molecule has 0 radical (unpaired) electrons. The summed E-state index contributed by atoms with van der Waals surface area (Å²) in [5.41, 5.74) is 8.95. The highest BCUT2D eigenvalue weighted by atomic mass is 32.2. The summed E-state index contributed by atoms with van der Waals surface area (Å²) in [6, 6.07) is 1.88. The number of sulfonamides is 1. The summed E-state index contributed by atoms with van der Waals surface area (Å²) in [4.78, 5) is 4.63. The van der Waals surface area contributed by atoms with E-state index in [-0.39, 0.29) is 0 Å². The lowest BCUT2D eigenvalue weighted by molar-refractivity contribution is 0.586. The predicted octanol–water partition coefficient (Wildman–Crippen LogP) is 0.684. The van der Waals surface area contributed by atoms with Gasteiger partial charge >= 0.3 is 0 Å². The summed E-state index contributed by atoms with van der Waals surface area (Å²) in [5.74, 6) is 0. The second-order valence-electron chi connectivity index (χ2n) is 4.58. The molecule has 0 saturated heterocycles. The molecule has 1 aromatic rings. The Labute approximate surface area is 125 Å². The van der Waals surface area contributed by atoms with Crippen LogP contribution in [0.15, 0.2) is 6.07 Å². The van der Waals surface area contributed by atoms with Crippen molar-refractivity contribution in [2.75, 3.05) is 24.7 Å². The lowest BCUT2D eigenvalue weighted by atomic mass is 10.1. The Balaban J connectivity index is 2.66. The molecule has 0 amide bonds. The molecule has 1 aromatic heterocycles. The summed E-state index contributed by atoms with van der Waals surface area (Å²) in [7, 11) is -3.13. The lowest BCUT2D eigenvalue weighted by Gasteiger charge is -2.14. The molecule has 4 N–H and O–H groups in total. The number of pyridine rings is 1. The maximum Gasteiger partial charge on any atom is 0.208 e. The molecule has 0 fully saturated rings. The van der Waals surface area contributed by atoms with Crippen molar-refractivity contribution in [3.63, 3.8) is 0 Å². The first-order chi connectivity index (χ1) is 9.20. The molecule has 0 bridgehead atoms. The van der Waals surface area contributed by atoms with Crippen LogP contribution >= 0.6 is 12.2 Å². The van der Waals surface area contributed by atoms with E-state index in [1.165, 1.54) is 0 Å². The van der Waals surface area contributed by atoms with Gasteiger partial charge in [0.1, 0.15) is 4.99 Å². The van der Waals surface area contributed by atoms with Crippen LogP contribution in [-0.4, -0.2) is 37.7 Å². The predicted molar refractivity (Wildman–Crippen MR) is 85.6 cm³/mol. The van der Waals surface area contributed by atoms with Crippen molar-refractivity contribution in [1.82, 2.24) is 9.71 Å². The van der Waals surface area contributed by atoms with Gasteiger partial charge in [0, 0.05) is 30.2 Å². The average Bonchev–Trinajstić information content (AvgIpc) is 2.25. The number of hydrogen-bond donors (Lipinski definition) is 3. The van der Waals surface area contributed by atoms with Crippen LogP contribution in [0.25, 0.3) is 0 Å². The minimum absolute atomic E-state index is 0.298. The molecule has 0 aromatic carbocycles. The summed E-state index contributed by atoms with van der Waals surface area (Å²) in [5, 5.41) is 3.22. The molecule has 1 rings (SSSR count). The normalized spacial score (nSPS) is 11.3. The molecule has 0 atom stereocenters. The zero-order valence-electron chi connectivity index (χ0n) is 11.9. The lowest BCUT2D eigenvalue weighted by Crippen LogP contribution is -2.25. The molecule has 0 unspecified atom stereocenters. The standard InChI is InChI=1S/C12H20N4O2S2/c1-8-7-10(11(12(13)19)9(2)16-8)14-5-4-6-15-20(3,17)18/h7,15H,4-6H2,1-3H3,(H2,13,19)(H,14,16). The molecule has 0 saturated carbocycles. The summed E-state index contributed by atoms with van der Waals surface area (Å²) >= 11 is 5.04. The highest BCUT2D eigenvalue weighted by molar-refractivity contribution is 7.88. The number of anilines is 1. The fourth-order valence-corrected chi connectivity index (χ4v) is 2.62. The smallest absolute Gasteiger partial charge is 0.208 e. The van der Waals surface area contributed by atoms with Gasteiger partial charge in [0.2, 0.25) is 10.0 Å². The minimum atomic E-state index is -3.13. The molecule has 1 heterocycles. The van der Waals surface area contributed by atoms with Gasteiger partial charge in [0.15, 0.2) is 0 Å². The first-order valence-corrected chi connectivity index (χ1v) is 8.47. The van der Waals surface area contributed by atoms with E-state index < -0.39 is 10.0 Å². The number of aromatic nitrogens is 1. The zero-order chi connectivity index (χ0) is 15.3. The van der Waals surface area contributed by atoms with Crippen LogP contribution < -0.4 is 15.8 Å². The fraction of sp³-hybridized carbons (Fsp3) is 0.500. The van der Waals surface area contributed by atoms with Gasteiger partial charge in [-0.05, 0) is 26.3 Å². The molecule has 0 aliphatic carbocycles. The van der Waals surface area contributed by atoms with Crippen LogP contribution in [0.2, 0.25) is 0 Å². The van der Waals surface area contributed by atoms with Gasteiger partial charge in [-0.1, -0.05) is 12.2 Å². The summed E-state index contributed by atoms with van der Waals surface area (Å²) in [6.45, 7) is 4.75. The minimum Gasteiger partial charge on any atom is -0.389 e. The molecule has 20 heavy (non-hydrogen) atoms. The van der Waals surface area contributed by atoms with E-state index in [0.717, 1.165) is 28.9 Å². The Bertz CT molecular complexity index is 600. The second kappa shape index (κ2) is 6.96. The van der Waals surface area contributed by atoms with Crippen molar-refractivity contribution < 1.29 is 8.42 Å². The second-order valence-corrected chi connectivity index (χ2v) is 6.86. The monoisotopic (exact) mass is 316 g/mol. The van der Waals surface area contributed by atoms with Crippen LogP contribution in [0.1, 0.15) is 23.4 Å². The largest absolute Gasteiger partial charge is 0.389 e. The van der Waals surface area contributed by atoms with Gasteiger partial charge in [-0.15, -0.1) is 0 Å². The van der Waals surface area contributed by atoms with E-state index in [9.17, 15) is 8.42 Å². The number of nitrogens with two attached hydrogens (primary N) is 1. The number of hydrogen-bond acceptors (Lipinski definition) is 5. The van der Waals surface area contributed by atoms with Crippen molar-refractivity contribution in [3.05, 3.63) is 23.0 Å². The molecule has 8 heteroatoms. The molecule has 112 valence electrons. The summed E-state index contributed by atoms with van der Waals surface area (Å²) < 4.78 is 24.3. The topological polar surface area (TPSA) is 97.1 Å². The number of aryl methyl sites for hydroxylation is 2. The number of nitrogens with zero attached hydrogens (tertiary/aromatic N) is 1. The van der Waals surface area contributed by atoms with E-state index in [2.05, 4.69) is 15.0 Å². The quantitative estimate of drug-likeness (QED) is 0.506. The first-order valence-electron chi connectivity index (χ1n) is 6.17. The third-order valence-corrected chi connectivity index (χ3v) is 3.54. The Morgan fingerprint density at radius 2 is 2.05 bits per heavy atom. The van der Waals surface area contributed by atoms with Crippen LogP contribution in [0, 0.1) is 13.8 Å². The van der Waals surface area contributed by atoms with Gasteiger partial charge in [0.05, 0.1) is 11.8 Å². The van der Waals surface area contributed by atoms with Gasteiger partial charge in [-0.2, -0.15) is 0 Å². The van der Waals surface area contributed by atoms with E-state index >= 15 is 0 Å². The molecule has 0 spiro atoms. The number of thiocarbonyl (C=S) groups is 1. The van der Waals surface area contributed by atoms with Crippen LogP contribution in [0.3, 0.4) is 0 Å². The first kappa shape index (κ1) is 16.8. The molecule has 0 aliphatic rings. The van der Waals surface area contributed by atoms with Crippen molar-refractivity contribution in [1.29, 1.82) is 0 Å². The molecule has 6 nitrogen and oxygen atoms in total.